The number of aryl methyl sites for hydroxylation is 1. The molecule has 0 aliphatic carbocycles. The summed E-state index contributed by atoms with van der Waals surface area (Å²) in [7, 11) is 0. The van der Waals surface area contributed by atoms with E-state index < -0.39 is 0 Å². The van der Waals surface area contributed by atoms with E-state index in [1.165, 1.54) is 0 Å². The Morgan fingerprint density at radius 2 is 1.86 bits per heavy atom. The van der Waals surface area contributed by atoms with Crippen LogP contribution in [0.15, 0.2) is 53.1 Å². The van der Waals surface area contributed by atoms with Crippen molar-refractivity contribution in [2.45, 2.75) is 6.92 Å². The lowest BCUT2D eigenvalue weighted by Crippen LogP contribution is -1.84. The van der Waals surface area contributed by atoms with E-state index in [-0.39, 0.29) is 11.5 Å². The van der Waals surface area contributed by atoms with Crippen LogP contribution in [-0.2, 0) is 0 Å². The molecule has 0 radical (unpaired) electrons. The Morgan fingerprint density at radius 1 is 1.00 bits per heavy atom. The fourth-order valence-corrected chi connectivity index (χ4v) is 2.82. The van der Waals surface area contributed by atoms with Gasteiger partial charge in [0.25, 0.3) is 0 Å². The van der Waals surface area contributed by atoms with Gasteiger partial charge in [-0.15, -0.1) is 0 Å². The van der Waals surface area contributed by atoms with Crippen molar-refractivity contribution in [1.29, 1.82) is 0 Å². The van der Waals surface area contributed by atoms with E-state index >= 15 is 0 Å². The molecule has 4 heteroatoms. The number of phenols is 2. The third-order valence-corrected chi connectivity index (χ3v) is 3.91. The monoisotopic (exact) mass is 291 g/mol. The van der Waals surface area contributed by atoms with Gasteiger partial charge in [-0.1, -0.05) is 6.07 Å². The van der Waals surface area contributed by atoms with Crippen LogP contribution in [0.2, 0.25) is 0 Å². The summed E-state index contributed by atoms with van der Waals surface area (Å²) in [5, 5.41) is 21.3. The van der Waals surface area contributed by atoms with Crippen LogP contribution in [0.3, 0.4) is 0 Å². The predicted octanol–water partition coefficient (Wildman–Crippen LogP) is 4.37. The maximum absolute atomic E-state index is 9.96. The van der Waals surface area contributed by atoms with Gasteiger partial charge in [-0.2, -0.15) is 0 Å². The molecule has 0 amide bonds. The minimum absolute atomic E-state index is 0.144. The van der Waals surface area contributed by atoms with Crippen LogP contribution in [0.1, 0.15) is 5.56 Å². The number of nitrogens with zero attached hydrogens (tertiary/aromatic N) is 1. The van der Waals surface area contributed by atoms with E-state index in [0.29, 0.717) is 5.52 Å². The molecule has 0 bridgehead atoms. The van der Waals surface area contributed by atoms with Crippen LogP contribution in [-0.4, -0.2) is 15.2 Å². The van der Waals surface area contributed by atoms with E-state index in [2.05, 4.69) is 4.98 Å². The minimum atomic E-state index is 0.144. The summed E-state index contributed by atoms with van der Waals surface area (Å²) in [6, 6.07) is 12.2. The summed E-state index contributed by atoms with van der Waals surface area (Å²) in [4.78, 5) is 4.23. The molecule has 0 spiro atoms. The van der Waals surface area contributed by atoms with E-state index in [4.69, 9.17) is 4.42 Å². The first-order chi connectivity index (χ1) is 10.6. The van der Waals surface area contributed by atoms with Crippen molar-refractivity contribution in [3.05, 3.63) is 54.2 Å². The number of hydrogen-bond donors (Lipinski definition) is 2. The van der Waals surface area contributed by atoms with Gasteiger partial charge >= 0.3 is 0 Å². The second kappa shape index (κ2) is 4.49. The van der Waals surface area contributed by atoms with Crippen LogP contribution in [0.25, 0.3) is 33.2 Å². The Bertz CT molecular complexity index is 1020. The zero-order valence-corrected chi connectivity index (χ0v) is 11.9. The summed E-state index contributed by atoms with van der Waals surface area (Å²) in [6.07, 6.45) is 1.65. The topological polar surface area (TPSA) is 66.5 Å². The number of rotatable bonds is 1. The van der Waals surface area contributed by atoms with E-state index in [0.717, 1.165) is 33.2 Å². The van der Waals surface area contributed by atoms with Crippen LogP contribution < -0.4 is 0 Å². The average Bonchev–Trinajstić information content (AvgIpc) is 2.85. The molecule has 2 aromatic heterocycles. The smallest absolute Gasteiger partial charge is 0.141 e. The van der Waals surface area contributed by atoms with Gasteiger partial charge in [0, 0.05) is 28.1 Å². The van der Waals surface area contributed by atoms with Gasteiger partial charge < -0.3 is 14.6 Å². The maximum Gasteiger partial charge on any atom is 0.141 e. The second-order valence-corrected chi connectivity index (χ2v) is 5.27. The molecule has 0 aliphatic heterocycles. The molecular weight excluding hydrogens is 278 g/mol. The number of hydrogen-bond acceptors (Lipinski definition) is 4. The SMILES string of the molecule is Cc1c(-c2ccc(O)c3ncccc23)oc2ccc(O)cc12. The number of pyridine rings is 1. The third-order valence-electron chi connectivity index (χ3n) is 3.91. The number of phenolic OH excluding ortho intramolecular Hbond substituents is 2. The van der Waals surface area contributed by atoms with Crippen LogP contribution in [0.4, 0.5) is 0 Å². The van der Waals surface area contributed by atoms with Crippen molar-refractivity contribution >= 4 is 21.9 Å². The van der Waals surface area contributed by atoms with Crippen LogP contribution >= 0.6 is 0 Å². The summed E-state index contributed by atoms with van der Waals surface area (Å²) in [6.45, 7) is 1.95. The Balaban J connectivity index is 2.08. The molecule has 0 fully saturated rings. The lowest BCUT2D eigenvalue weighted by molar-refractivity contribution is 0.475. The van der Waals surface area contributed by atoms with E-state index in [1.54, 1.807) is 30.5 Å². The van der Waals surface area contributed by atoms with Crippen molar-refractivity contribution < 1.29 is 14.6 Å². The quantitative estimate of drug-likeness (QED) is 0.546. The lowest BCUT2D eigenvalue weighted by Gasteiger charge is -2.06. The first-order valence-corrected chi connectivity index (χ1v) is 6.94. The highest BCUT2D eigenvalue weighted by atomic mass is 16.3. The zero-order chi connectivity index (χ0) is 15.3. The van der Waals surface area contributed by atoms with E-state index in [1.807, 2.05) is 25.1 Å². The molecule has 22 heavy (non-hydrogen) atoms. The van der Waals surface area contributed by atoms with Gasteiger partial charge in [0.15, 0.2) is 0 Å². The van der Waals surface area contributed by atoms with Crippen molar-refractivity contribution in [2.75, 3.05) is 0 Å². The molecule has 4 rings (SSSR count). The molecule has 2 aromatic carbocycles. The van der Waals surface area contributed by atoms with Crippen molar-refractivity contribution in [3.8, 4) is 22.8 Å². The molecule has 2 heterocycles. The molecule has 108 valence electrons. The largest absolute Gasteiger partial charge is 0.508 e. The van der Waals surface area contributed by atoms with E-state index in [9.17, 15) is 10.2 Å². The molecule has 0 saturated heterocycles. The normalized spacial score (nSPS) is 11.3. The fourth-order valence-electron chi connectivity index (χ4n) is 2.82. The Morgan fingerprint density at radius 3 is 2.73 bits per heavy atom. The van der Waals surface area contributed by atoms with Crippen molar-refractivity contribution in [2.24, 2.45) is 0 Å². The predicted molar refractivity (Wildman–Crippen MR) is 85.0 cm³/mol. The first-order valence-electron chi connectivity index (χ1n) is 6.94. The molecule has 4 nitrogen and oxygen atoms in total. The minimum Gasteiger partial charge on any atom is -0.508 e. The zero-order valence-electron chi connectivity index (χ0n) is 11.9. The molecule has 0 saturated carbocycles. The summed E-state index contributed by atoms with van der Waals surface area (Å²) in [5.41, 5.74) is 3.08. The Hall–Kier alpha value is -3.01. The molecule has 0 aliphatic rings. The highest BCUT2D eigenvalue weighted by Crippen LogP contribution is 2.39. The third kappa shape index (κ3) is 1.74. The summed E-state index contributed by atoms with van der Waals surface area (Å²) >= 11 is 0. The second-order valence-electron chi connectivity index (χ2n) is 5.27. The molecule has 0 unspecified atom stereocenters. The average molecular weight is 291 g/mol. The van der Waals surface area contributed by atoms with Crippen LogP contribution in [0, 0.1) is 6.92 Å². The van der Waals surface area contributed by atoms with Gasteiger partial charge in [0.2, 0.25) is 0 Å². The maximum atomic E-state index is 9.96. The highest BCUT2D eigenvalue weighted by Gasteiger charge is 2.16. The first kappa shape index (κ1) is 12.7. The number of benzene rings is 2. The highest BCUT2D eigenvalue weighted by molar-refractivity contribution is 6.00. The van der Waals surface area contributed by atoms with Gasteiger partial charge in [-0.3, -0.25) is 4.98 Å². The number of aromatic nitrogens is 1. The summed E-state index contributed by atoms with van der Waals surface area (Å²) in [5.74, 6) is 1.07. The van der Waals surface area contributed by atoms with Crippen molar-refractivity contribution in [3.63, 3.8) is 0 Å². The van der Waals surface area contributed by atoms with Gasteiger partial charge in [-0.05, 0) is 43.3 Å². The lowest BCUT2D eigenvalue weighted by atomic mass is 10.0. The molecular formula is C18H13NO3. The standard InChI is InChI=1S/C18H13NO3/c1-10-14-9-11(20)4-7-16(14)22-18(10)13-5-6-15(21)17-12(13)3-2-8-19-17/h2-9,20-21H,1H3. The number of furan rings is 1. The molecule has 4 aromatic rings. The van der Waals surface area contributed by atoms with Crippen molar-refractivity contribution in [1.82, 2.24) is 4.98 Å². The number of fused-ring (bicyclic) bond motifs is 2. The fraction of sp³-hybridized carbons (Fsp3) is 0.0556. The Labute approximate surface area is 126 Å². The Kier molecular flexibility index (Phi) is 2.60. The van der Waals surface area contributed by atoms with Crippen LogP contribution in [0.5, 0.6) is 11.5 Å². The van der Waals surface area contributed by atoms with Gasteiger partial charge in [0.1, 0.15) is 28.4 Å². The van der Waals surface area contributed by atoms with Gasteiger partial charge in [-0.25, -0.2) is 0 Å². The number of aromatic hydroxyl groups is 2. The molecule has 0 atom stereocenters. The molecule has 2 N–H and O–H groups in total. The summed E-state index contributed by atoms with van der Waals surface area (Å²) < 4.78 is 5.97. The van der Waals surface area contributed by atoms with Gasteiger partial charge in [0.05, 0.1) is 0 Å².